The Balaban J connectivity index is 0.716. The molecular formula is C53H60F3N11O5. The molecule has 0 bridgehead atoms. The van der Waals surface area contributed by atoms with E-state index in [1.807, 2.05) is 39.8 Å². The molecule has 10 rings (SSSR count). The van der Waals surface area contributed by atoms with E-state index < -0.39 is 41.7 Å². The summed E-state index contributed by atoms with van der Waals surface area (Å²) in [6, 6.07) is 11.1. The van der Waals surface area contributed by atoms with Gasteiger partial charge in [0.15, 0.2) is 11.7 Å². The van der Waals surface area contributed by atoms with Crippen molar-refractivity contribution in [2.45, 2.75) is 115 Å². The van der Waals surface area contributed by atoms with Gasteiger partial charge in [-0.2, -0.15) is 13.2 Å². The van der Waals surface area contributed by atoms with E-state index >= 15 is 13.2 Å². The number of likely N-dealkylation sites (tertiary alicyclic amines) is 3. The van der Waals surface area contributed by atoms with Crippen molar-refractivity contribution >= 4 is 34.8 Å². The summed E-state index contributed by atoms with van der Waals surface area (Å²) in [6.45, 7) is 10.3. The molecule has 16 nitrogen and oxygen atoms in total. The number of carbonyl (C=O) groups is 3. The van der Waals surface area contributed by atoms with Gasteiger partial charge in [0.2, 0.25) is 17.8 Å². The smallest absolute Gasteiger partial charge is 0.413 e. The predicted octanol–water partition coefficient (Wildman–Crippen LogP) is 6.38. The van der Waals surface area contributed by atoms with Crippen LogP contribution < -0.4 is 15.5 Å². The highest BCUT2D eigenvalue weighted by Gasteiger charge is 2.56. The highest BCUT2D eigenvalue weighted by Crippen LogP contribution is 2.51. The van der Waals surface area contributed by atoms with Gasteiger partial charge in [0.25, 0.3) is 0 Å². The minimum absolute atomic E-state index is 0.00000732. The Morgan fingerprint density at radius 3 is 2.31 bits per heavy atom. The van der Waals surface area contributed by atoms with Crippen LogP contribution in [-0.2, 0) is 16.0 Å². The molecule has 4 amide bonds. The third-order valence-electron chi connectivity index (χ3n) is 15.6. The second kappa shape index (κ2) is 18.7. The number of phenolic OH excluding ortho intramolecular Hbond substituents is 1. The lowest BCUT2D eigenvalue weighted by Gasteiger charge is -2.61. The second-order valence-corrected chi connectivity index (χ2v) is 21.6. The number of benzene rings is 2. The number of amides is 4. The summed E-state index contributed by atoms with van der Waals surface area (Å²) in [6.07, 6.45) is 7.27. The number of H-pyrrole nitrogens is 1. The molecule has 1 saturated carbocycles. The standard InChI is InChI=1S/C53H60F3N11O5/c1-6-31-11-13-32(14-12-31)30(2)59-47(70)41-21-36(68)27-67(41)48(71)44(51(3,4)5)61-50(72)65-28-52(29-65)23-35(24-52)64-18-15-33(16-19-64)34-25-57-49(58-26-34)66-20-17-39-43(45(66)53(54,55)56)38-22-40(62-63-46(38)60-39)37-9-7-8-10-42(37)69/h1,7-14,22,25-26,30,33,35-36,41,44-45,68-69H,15-21,23-24,27-29H2,2-5H3,(H,59,70)(H,60,63)(H,61,72)/t30-,36+,41-,44+,45?/m0/s1. The number of urea groups is 1. The van der Waals surface area contributed by atoms with Gasteiger partial charge < -0.3 is 45.4 Å². The Morgan fingerprint density at radius 1 is 0.958 bits per heavy atom. The van der Waals surface area contributed by atoms with E-state index in [-0.39, 0.29) is 82.8 Å². The van der Waals surface area contributed by atoms with E-state index in [9.17, 15) is 24.6 Å². The number of halogens is 3. The SMILES string of the molecule is C#Cc1ccc([C@H](C)NC(=O)[C@@H]2C[C@@H](O)CN2C(=O)[C@@H](NC(=O)N2CC3(CC(N4CCC(c5cnc(N6CCc7[nH]c8nnc(-c9ccccc9O)cc8c7C6C(F)(F)F)nc5)CC4)C3)C2)C(C)(C)C)cc1. The first-order valence-corrected chi connectivity index (χ1v) is 24.8. The number of nitrogens with one attached hydrogen (secondary N) is 3. The van der Waals surface area contributed by atoms with Crippen molar-refractivity contribution in [3.8, 4) is 29.4 Å². The van der Waals surface area contributed by atoms with E-state index in [0.717, 1.165) is 55.5 Å². The van der Waals surface area contributed by atoms with Crippen LogP contribution in [0.25, 0.3) is 22.3 Å². The summed E-state index contributed by atoms with van der Waals surface area (Å²) >= 11 is 0. The van der Waals surface area contributed by atoms with Gasteiger partial charge in [-0.1, -0.05) is 51.0 Å². The maximum atomic E-state index is 15.1. The molecule has 4 aliphatic heterocycles. The fourth-order valence-corrected chi connectivity index (χ4v) is 11.7. The van der Waals surface area contributed by atoms with Crippen LogP contribution in [0.1, 0.15) is 106 Å². The number of phenols is 1. The quantitative estimate of drug-likeness (QED) is 0.103. The number of terminal acetylenes is 1. The summed E-state index contributed by atoms with van der Waals surface area (Å²) in [5.74, 6) is 1.89. The van der Waals surface area contributed by atoms with Crippen LogP contribution in [0.15, 0.2) is 67.0 Å². The van der Waals surface area contributed by atoms with Crippen LogP contribution in [0.2, 0.25) is 0 Å². The number of piperidine rings is 1. The molecule has 1 unspecified atom stereocenters. The normalized spacial score (nSPS) is 22.4. The molecule has 2 aromatic carbocycles. The van der Waals surface area contributed by atoms with Gasteiger partial charge in [-0.3, -0.25) is 9.59 Å². The number of para-hydroxylation sites is 1. The minimum atomic E-state index is -4.67. The average molecular weight is 988 g/mol. The lowest BCUT2D eigenvalue weighted by molar-refractivity contribution is -0.151. The Morgan fingerprint density at radius 2 is 1.65 bits per heavy atom. The zero-order valence-electron chi connectivity index (χ0n) is 40.8. The van der Waals surface area contributed by atoms with Crippen molar-refractivity contribution in [1.29, 1.82) is 0 Å². The number of nitrogens with zero attached hydrogens (tertiary/aromatic N) is 8. The van der Waals surface area contributed by atoms with E-state index in [1.165, 1.54) is 15.9 Å². The largest absolute Gasteiger partial charge is 0.507 e. The van der Waals surface area contributed by atoms with Crippen molar-refractivity contribution in [2.24, 2.45) is 10.8 Å². The van der Waals surface area contributed by atoms with Crippen LogP contribution in [0, 0.1) is 23.2 Å². The minimum Gasteiger partial charge on any atom is -0.507 e. The summed E-state index contributed by atoms with van der Waals surface area (Å²) in [5.41, 5.74) is 3.14. The molecule has 4 fully saturated rings. The molecular weight excluding hydrogens is 928 g/mol. The molecule has 0 radical (unpaired) electrons. The number of carbonyl (C=O) groups excluding carboxylic acids is 3. The number of hydrogen-bond acceptors (Lipinski definition) is 11. The number of aromatic amines is 1. The lowest BCUT2D eigenvalue weighted by Crippen LogP contribution is -2.70. The van der Waals surface area contributed by atoms with Gasteiger partial charge >= 0.3 is 12.2 Å². The fourth-order valence-electron chi connectivity index (χ4n) is 11.7. The third kappa shape index (κ3) is 9.30. The number of alkyl halides is 3. The Labute approximate surface area is 415 Å². The number of aromatic hydroxyl groups is 1. The maximum absolute atomic E-state index is 15.1. The van der Waals surface area contributed by atoms with E-state index in [0.29, 0.717) is 36.8 Å². The molecule has 5 aromatic rings. The number of aromatic nitrogens is 5. The summed E-state index contributed by atoms with van der Waals surface area (Å²) in [5, 5.41) is 35.7. The lowest BCUT2D eigenvalue weighted by atomic mass is 9.60. The predicted molar refractivity (Wildman–Crippen MR) is 262 cm³/mol. The Bertz CT molecular complexity index is 2890. The number of anilines is 1. The van der Waals surface area contributed by atoms with Crippen molar-refractivity contribution in [3.05, 3.63) is 94.9 Å². The number of aliphatic hydroxyl groups excluding tert-OH is 1. The van der Waals surface area contributed by atoms with Gasteiger partial charge in [0.05, 0.1) is 17.8 Å². The molecule has 378 valence electrons. The van der Waals surface area contributed by atoms with Crippen molar-refractivity contribution < 1.29 is 37.8 Å². The highest BCUT2D eigenvalue weighted by atomic mass is 19.4. The van der Waals surface area contributed by atoms with Gasteiger partial charge in [0, 0.05) is 90.6 Å². The van der Waals surface area contributed by atoms with Gasteiger partial charge in [-0.25, -0.2) is 14.8 Å². The van der Waals surface area contributed by atoms with Crippen molar-refractivity contribution in [2.75, 3.05) is 44.2 Å². The summed E-state index contributed by atoms with van der Waals surface area (Å²) in [7, 11) is 0. The van der Waals surface area contributed by atoms with Crippen LogP contribution >= 0.6 is 0 Å². The molecule has 3 aromatic heterocycles. The van der Waals surface area contributed by atoms with Crippen molar-refractivity contribution in [3.63, 3.8) is 0 Å². The topological polar surface area (TPSA) is 196 Å². The molecule has 7 heterocycles. The Hall–Kier alpha value is -6.78. The molecule has 1 spiro atoms. The first-order valence-electron chi connectivity index (χ1n) is 24.8. The molecule has 5 N–H and O–H groups in total. The number of hydrogen-bond donors (Lipinski definition) is 5. The molecule has 1 aliphatic carbocycles. The average Bonchev–Trinajstić information content (AvgIpc) is 3.91. The first-order chi connectivity index (χ1) is 34.3. The van der Waals surface area contributed by atoms with E-state index in [2.05, 4.69) is 46.6 Å². The monoisotopic (exact) mass is 987 g/mol. The number of rotatable bonds is 9. The van der Waals surface area contributed by atoms with E-state index in [4.69, 9.17) is 6.42 Å². The molecule has 5 aliphatic rings. The highest BCUT2D eigenvalue weighted by molar-refractivity contribution is 5.93. The van der Waals surface area contributed by atoms with Crippen LogP contribution in [0.5, 0.6) is 5.75 Å². The van der Waals surface area contributed by atoms with Crippen LogP contribution in [-0.4, -0.2) is 138 Å². The van der Waals surface area contributed by atoms with Crippen LogP contribution in [0.4, 0.5) is 23.9 Å². The summed E-state index contributed by atoms with van der Waals surface area (Å²) in [4.78, 5) is 60.6. The number of β-amino-alcohol motifs (C(OH)–C–C–N with tert-alkyl or cyclic N) is 1. The Kier molecular flexibility index (Phi) is 12.7. The zero-order valence-corrected chi connectivity index (χ0v) is 40.8. The molecule has 5 atom stereocenters. The number of aliphatic hydroxyl groups is 1. The second-order valence-electron chi connectivity index (χ2n) is 21.6. The van der Waals surface area contributed by atoms with Gasteiger partial charge in [-0.05, 0) is 98.5 Å². The fraction of sp³-hybridized carbons (Fsp3) is 0.491. The van der Waals surface area contributed by atoms with Gasteiger partial charge in [0.1, 0.15) is 17.8 Å². The summed E-state index contributed by atoms with van der Waals surface area (Å²) < 4.78 is 45.3. The molecule has 19 heteroatoms. The third-order valence-corrected chi connectivity index (χ3v) is 15.6. The van der Waals surface area contributed by atoms with E-state index in [1.54, 1.807) is 53.7 Å². The molecule has 3 saturated heterocycles. The maximum Gasteiger partial charge on any atom is 0.413 e. The first kappa shape index (κ1) is 48.8. The molecule has 72 heavy (non-hydrogen) atoms. The van der Waals surface area contributed by atoms with Crippen LogP contribution in [0.3, 0.4) is 0 Å². The zero-order chi connectivity index (χ0) is 50.9. The van der Waals surface area contributed by atoms with Gasteiger partial charge in [-0.15, -0.1) is 16.6 Å². The van der Waals surface area contributed by atoms with Crippen molar-refractivity contribution in [1.82, 2.24) is 50.5 Å². The number of fused-ring (bicyclic) bond motifs is 3.